The third kappa shape index (κ3) is 24.6. The Bertz CT molecular complexity index is 409. The highest BCUT2D eigenvalue weighted by molar-refractivity contribution is 5.69. The Morgan fingerprint density at radius 1 is 0.559 bits per heavy atom. The quantitative estimate of drug-likeness (QED) is 0.0935. The Kier molecular flexibility index (Phi) is 26.6. The minimum atomic E-state index is -0.0989. The molecule has 0 aliphatic heterocycles. The molecule has 0 aliphatic rings. The Morgan fingerprint density at radius 2 is 0.971 bits per heavy atom. The van der Waals surface area contributed by atoms with Crippen molar-refractivity contribution in [2.75, 3.05) is 6.61 Å². The van der Waals surface area contributed by atoms with Crippen LogP contribution < -0.4 is 0 Å². The maximum absolute atomic E-state index is 12.1. The third-order valence-corrected chi connectivity index (χ3v) is 7.22. The van der Waals surface area contributed by atoms with Crippen molar-refractivity contribution in [3.8, 4) is 0 Å². The van der Waals surface area contributed by atoms with E-state index in [1.54, 1.807) is 0 Å². The molecule has 0 amide bonds. The average molecular weight is 483 g/mol. The summed E-state index contributed by atoms with van der Waals surface area (Å²) in [4.78, 5) is 12.1. The standard InChI is InChI=1S/C31H62O3/c1-4-7-10-12-13-16-20-25-30(32)26-21-17-14-15-18-22-27-31(33)34-28-29(23-9-6-3)24-19-11-8-5-2/h29-30,32H,4-28H2,1-3H3/t29-,30+/m0/s1. The number of hydrogen-bond acceptors (Lipinski definition) is 3. The number of aliphatic hydroxyl groups is 1. The number of esters is 1. The molecule has 0 unspecified atom stereocenters. The van der Waals surface area contributed by atoms with E-state index in [4.69, 9.17) is 4.74 Å². The van der Waals surface area contributed by atoms with Gasteiger partial charge in [-0.2, -0.15) is 0 Å². The van der Waals surface area contributed by atoms with Crippen molar-refractivity contribution in [2.45, 2.75) is 181 Å². The first-order chi connectivity index (χ1) is 16.6. The zero-order valence-electron chi connectivity index (χ0n) is 23.6. The number of ether oxygens (including phenoxy) is 1. The Hall–Kier alpha value is -0.570. The lowest BCUT2D eigenvalue weighted by molar-refractivity contribution is -0.145. The van der Waals surface area contributed by atoms with Crippen LogP contribution in [-0.4, -0.2) is 23.8 Å². The highest BCUT2D eigenvalue weighted by Gasteiger charge is 2.12. The molecule has 0 heterocycles. The van der Waals surface area contributed by atoms with Crippen molar-refractivity contribution in [3.63, 3.8) is 0 Å². The first-order valence-corrected chi connectivity index (χ1v) is 15.5. The number of hydrogen-bond donors (Lipinski definition) is 1. The second kappa shape index (κ2) is 27.0. The van der Waals surface area contributed by atoms with E-state index in [9.17, 15) is 9.90 Å². The summed E-state index contributed by atoms with van der Waals surface area (Å²) >= 11 is 0. The van der Waals surface area contributed by atoms with Crippen LogP contribution in [0.2, 0.25) is 0 Å². The highest BCUT2D eigenvalue weighted by atomic mass is 16.5. The molecule has 0 rings (SSSR count). The topological polar surface area (TPSA) is 46.5 Å². The molecule has 2 atom stereocenters. The van der Waals surface area contributed by atoms with Gasteiger partial charge in [0.1, 0.15) is 0 Å². The molecule has 0 bridgehead atoms. The summed E-state index contributed by atoms with van der Waals surface area (Å²) in [5, 5.41) is 10.1. The zero-order chi connectivity index (χ0) is 25.1. The summed E-state index contributed by atoms with van der Waals surface area (Å²) in [6, 6.07) is 0. The largest absolute Gasteiger partial charge is 0.465 e. The lowest BCUT2D eigenvalue weighted by Gasteiger charge is -2.16. The van der Waals surface area contributed by atoms with Crippen LogP contribution in [0.15, 0.2) is 0 Å². The highest BCUT2D eigenvalue weighted by Crippen LogP contribution is 2.19. The van der Waals surface area contributed by atoms with E-state index in [0.717, 1.165) is 32.1 Å². The van der Waals surface area contributed by atoms with Crippen molar-refractivity contribution in [3.05, 3.63) is 0 Å². The molecule has 1 N–H and O–H groups in total. The van der Waals surface area contributed by atoms with Crippen molar-refractivity contribution in [1.82, 2.24) is 0 Å². The summed E-state index contributed by atoms with van der Waals surface area (Å²) in [6.07, 6.45) is 28.5. The van der Waals surface area contributed by atoms with E-state index in [1.807, 2.05) is 0 Å². The summed E-state index contributed by atoms with van der Waals surface area (Å²) in [5.74, 6) is 0.561. The van der Waals surface area contributed by atoms with Crippen molar-refractivity contribution < 1.29 is 14.6 Å². The predicted octanol–water partition coefficient (Wildman–Crippen LogP) is 9.93. The summed E-state index contributed by atoms with van der Waals surface area (Å²) in [5.41, 5.74) is 0. The van der Waals surface area contributed by atoms with Gasteiger partial charge in [-0.15, -0.1) is 0 Å². The second-order valence-corrected chi connectivity index (χ2v) is 10.8. The molecule has 0 aromatic heterocycles. The minimum Gasteiger partial charge on any atom is -0.465 e. The van der Waals surface area contributed by atoms with Gasteiger partial charge in [-0.3, -0.25) is 4.79 Å². The fourth-order valence-electron chi connectivity index (χ4n) is 4.78. The van der Waals surface area contributed by atoms with Crippen LogP contribution in [0.3, 0.4) is 0 Å². The van der Waals surface area contributed by atoms with E-state index in [0.29, 0.717) is 18.9 Å². The minimum absolute atomic E-state index is 0.00328. The smallest absolute Gasteiger partial charge is 0.305 e. The second-order valence-electron chi connectivity index (χ2n) is 10.8. The van der Waals surface area contributed by atoms with E-state index in [-0.39, 0.29) is 12.1 Å². The van der Waals surface area contributed by atoms with Crippen molar-refractivity contribution in [1.29, 1.82) is 0 Å². The predicted molar refractivity (Wildman–Crippen MR) is 148 cm³/mol. The van der Waals surface area contributed by atoms with Gasteiger partial charge in [0.15, 0.2) is 0 Å². The Morgan fingerprint density at radius 3 is 1.53 bits per heavy atom. The van der Waals surface area contributed by atoms with Crippen molar-refractivity contribution in [2.24, 2.45) is 5.92 Å². The molecule has 204 valence electrons. The number of rotatable bonds is 27. The monoisotopic (exact) mass is 482 g/mol. The van der Waals surface area contributed by atoms with Crippen LogP contribution >= 0.6 is 0 Å². The van der Waals surface area contributed by atoms with Gasteiger partial charge in [-0.25, -0.2) is 0 Å². The first kappa shape index (κ1) is 33.4. The number of unbranched alkanes of at least 4 members (excludes halogenated alkanes) is 15. The lowest BCUT2D eigenvalue weighted by atomic mass is 9.96. The van der Waals surface area contributed by atoms with Crippen LogP contribution in [0.4, 0.5) is 0 Å². The fourth-order valence-corrected chi connectivity index (χ4v) is 4.78. The molecule has 3 heteroatoms. The molecule has 0 saturated carbocycles. The van der Waals surface area contributed by atoms with Gasteiger partial charge < -0.3 is 9.84 Å². The zero-order valence-corrected chi connectivity index (χ0v) is 23.6. The SMILES string of the molecule is CCCCCCCCC[C@@H](O)CCCCCCCCC(=O)OC[C@@H](CCCC)CCCCCC. The molecule has 0 saturated heterocycles. The fraction of sp³-hybridized carbons (Fsp3) is 0.968. The molecular formula is C31H62O3. The van der Waals surface area contributed by atoms with Gasteiger partial charge in [0.25, 0.3) is 0 Å². The van der Waals surface area contributed by atoms with Gasteiger partial charge in [0.2, 0.25) is 0 Å². The van der Waals surface area contributed by atoms with Gasteiger partial charge in [-0.1, -0.05) is 136 Å². The normalized spacial score (nSPS) is 13.2. The first-order valence-electron chi connectivity index (χ1n) is 15.5. The Balaban J connectivity index is 3.57. The number of aliphatic hydroxyl groups excluding tert-OH is 1. The van der Waals surface area contributed by atoms with Crippen LogP contribution in [0, 0.1) is 5.92 Å². The van der Waals surface area contributed by atoms with E-state index in [2.05, 4.69) is 20.8 Å². The van der Waals surface area contributed by atoms with Gasteiger partial charge >= 0.3 is 5.97 Å². The maximum atomic E-state index is 12.1. The average Bonchev–Trinajstić information content (AvgIpc) is 2.84. The van der Waals surface area contributed by atoms with Crippen LogP contribution in [0.25, 0.3) is 0 Å². The van der Waals surface area contributed by atoms with Crippen LogP contribution in [0.5, 0.6) is 0 Å². The van der Waals surface area contributed by atoms with E-state index in [1.165, 1.54) is 116 Å². The number of carbonyl (C=O) groups excluding carboxylic acids is 1. The van der Waals surface area contributed by atoms with Crippen molar-refractivity contribution >= 4 is 5.97 Å². The van der Waals surface area contributed by atoms with Gasteiger partial charge in [0, 0.05) is 6.42 Å². The molecule has 3 nitrogen and oxygen atoms in total. The molecule has 0 fully saturated rings. The maximum Gasteiger partial charge on any atom is 0.305 e. The third-order valence-electron chi connectivity index (χ3n) is 7.22. The molecule has 0 aliphatic carbocycles. The molecule has 0 spiro atoms. The summed E-state index contributed by atoms with van der Waals surface area (Å²) < 4.78 is 5.63. The van der Waals surface area contributed by atoms with Gasteiger partial charge in [-0.05, 0) is 38.0 Å². The van der Waals surface area contributed by atoms with E-state index < -0.39 is 0 Å². The Labute approximate surface area is 214 Å². The molecule has 0 radical (unpaired) electrons. The number of carbonyl (C=O) groups is 1. The summed E-state index contributed by atoms with van der Waals surface area (Å²) in [7, 11) is 0. The van der Waals surface area contributed by atoms with E-state index >= 15 is 0 Å². The molecular weight excluding hydrogens is 420 g/mol. The molecule has 0 aromatic carbocycles. The van der Waals surface area contributed by atoms with Gasteiger partial charge in [0.05, 0.1) is 12.7 Å². The lowest BCUT2D eigenvalue weighted by Crippen LogP contribution is -2.14. The molecule has 34 heavy (non-hydrogen) atoms. The van der Waals surface area contributed by atoms with Crippen LogP contribution in [-0.2, 0) is 9.53 Å². The molecule has 0 aromatic rings. The summed E-state index contributed by atoms with van der Waals surface area (Å²) in [6.45, 7) is 7.37. The van der Waals surface area contributed by atoms with Crippen LogP contribution in [0.1, 0.15) is 175 Å².